The molecule has 27 heavy (non-hydrogen) atoms. The monoisotopic (exact) mass is 370 g/mol. The number of ether oxygens (including phenoxy) is 2. The summed E-state index contributed by atoms with van der Waals surface area (Å²) >= 11 is 0. The van der Waals surface area contributed by atoms with Crippen LogP contribution in [-0.2, 0) is 13.0 Å². The number of fused-ring (bicyclic) bond motifs is 1. The summed E-state index contributed by atoms with van der Waals surface area (Å²) in [6.07, 6.45) is 5.03. The van der Waals surface area contributed by atoms with E-state index in [0.717, 1.165) is 68.7 Å². The van der Waals surface area contributed by atoms with Gasteiger partial charge in [-0.05, 0) is 48.6 Å². The highest BCUT2D eigenvalue weighted by atomic mass is 16.5. The van der Waals surface area contributed by atoms with E-state index in [1.54, 1.807) is 14.2 Å². The molecule has 0 spiro atoms. The number of methoxy groups -OCH3 is 2. The minimum atomic E-state index is 0.768. The molecule has 0 aliphatic carbocycles. The second kappa shape index (κ2) is 8.93. The first-order valence-electron chi connectivity index (χ1n) is 9.76. The molecule has 1 aliphatic heterocycles. The fraction of sp³-hybridized carbons (Fsp3) is 0.524. The van der Waals surface area contributed by atoms with Crippen molar-refractivity contribution in [2.45, 2.75) is 39.7 Å². The average molecular weight is 370 g/mol. The van der Waals surface area contributed by atoms with Crippen molar-refractivity contribution in [3.8, 4) is 11.5 Å². The minimum absolute atomic E-state index is 0.768. The molecule has 146 valence electrons. The molecule has 3 rings (SSSR count). The SMILES string of the molecule is CCCN(CCC)c1ccnc(N2CCc3cc(OC)c(OC)cc3C2)n1. The molecule has 2 heterocycles. The Hall–Kier alpha value is -2.50. The van der Waals surface area contributed by atoms with Crippen LogP contribution in [0.4, 0.5) is 11.8 Å². The molecule has 0 unspecified atom stereocenters. The highest BCUT2D eigenvalue weighted by Crippen LogP contribution is 2.34. The van der Waals surface area contributed by atoms with Crippen molar-refractivity contribution in [2.24, 2.45) is 0 Å². The van der Waals surface area contributed by atoms with Crippen molar-refractivity contribution < 1.29 is 9.47 Å². The Balaban J connectivity index is 1.83. The number of benzene rings is 1. The van der Waals surface area contributed by atoms with Gasteiger partial charge in [0.25, 0.3) is 0 Å². The second-order valence-electron chi connectivity index (χ2n) is 6.85. The van der Waals surface area contributed by atoms with Gasteiger partial charge < -0.3 is 19.3 Å². The molecule has 6 nitrogen and oxygen atoms in total. The van der Waals surface area contributed by atoms with Gasteiger partial charge in [0.15, 0.2) is 11.5 Å². The van der Waals surface area contributed by atoms with Gasteiger partial charge in [-0.15, -0.1) is 0 Å². The van der Waals surface area contributed by atoms with E-state index in [-0.39, 0.29) is 0 Å². The third-order valence-corrected chi connectivity index (χ3v) is 4.94. The first kappa shape index (κ1) is 19.3. The summed E-state index contributed by atoms with van der Waals surface area (Å²) in [5.41, 5.74) is 2.55. The van der Waals surface area contributed by atoms with Gasteiger partial charge in [0.1, 0.15) is 5.82 Å². The third kappa shape index (κ3) is 4.26. The van der Waals surface area contributed by atoms with Crippen LogP contribution in [0.1, 0.15) is 37.8 Å². The summed E-state index contributed by atoms with van der Waals surface area (Å²) in [5, 5.41) is 0. The van der Waals surface area contributed by atoms with E-state index >= 15 is 0 Å². The lowest BCUT2D eigenvalue weighted by molar-refractivity contribution is 0.353. The molecule has 0 N–H and O–H groups in total. The molecule has 0 saturated carbocycles. The molecule has 0 saturated heterocycles. The summed E-state index contributed by atoms with van der Waals surface area (Å²) in [4.78, 5) is 14.0. The number of hydrogen-bond donors (Lipinski definition) is 0. The lowest BCUT2D eigenvalue weighted by atomic mass is 9.99. The molecular weight excluding hydrogens is 340 g/mol. The predicted molar refractivity (Wildman–Crippen MR) is 109 cm³/mol. The molecule has 0 amide bonds. The topological polar surface area (TPSA) is 50.7 Å². The minimum Gasteiger partial charge on any atom is -0.493 e. The Morgan fingerprint density at radius 3 is 2.33 bits per heavy atom. The van der Waals surface area contributed by atoms with Gasteiger partial charge in [0, 0.05) is 32.4 Å². The van der Waals surface area contributed by atoms with Gasteiger partial charge in [-0.1, -0.05) is 13.8 Å². The van der Waals surface area contributed by atoms with E-state index in [0.29, 0.717) is 0 Å². The summed E-state index contributed by atoms with van der Waals surface area (Å²) in [6.45, 7) is 8.12. The molecule has 1 aliphatic rings. The van der Waals surface area contributed by atoms with Gasteiger partial charge in [-0.2, -0.15) is 4.98 Å². The van der Waals surface area contributed by atoms with E-state index < -0.39 is 0 Å². The van der Waals surface area contributed by atoms with Crippen molar-refractivity contribution in [3.63, 3.8) is 0 Å². The molecule has 1 aromatic carbocycles. The fourth-order valence-electron chi connectivity index (χ4n) is 3.60. The largest absolute Gasteiger partial charge is 0.493 e. The van der Waals surface area contributed by atoms with E-state index in [2.05, 4.69) is 40.8 Å². The molecule has 0 radical (unpaired) electrons. The number of rotatable bonds is 8. The number of nitrogens with zero attached hydrogens (tertiary/aromatic N) is 4. The zero-order chi connectivity index (χ0) is 19.2. The van der Waals surface area contributed by atoms with Crippen LogP contribution < -0.4 is 19.3 Å². The fourth-order valence-corrected chi connectivity index (χ4v) is 3.60. The number of anilines is 2. The highest BCUT2D eigenvalue weighted by Gasteiger charge is 2.22. The molecule has 0 atom stereocenters. The van der Waals surface area contributed by atoms with Gasteiger partial charge in [0.2, 0.25) is 5.95 Å². The number of hydrogen-bond acceptors (Lipinski definition) is 6. The van der Waals surface area contributed by atoms with Crippen molar-refractivity contribution >= 4 is 11.8 Å². The Kier molecular flexibility index (Phi) is 6.37. The standard InChI is InChI=1S/C21H30N4O2/c1-5-10-24(11-6-2)20-7-9-22-21(23-20)25-12-8-16-13-18(26-3)19(27-4)14-17(16)15-25/h7,9,13-14H,5-6,8,10-12,15H2,1-4H3. The molecule has 2 aromatic rings. The van der Waals surface area contributed by atoms with Gasteiger partial charge >= 0.3 is 0 Å². The summed E-state index contributed by atoms with van der Waals surface area (Å²) in [7, 11) is 3.35. The Morgan fingerprint density at radius 1 is 1.04 bits per heavy atom. The van der Waals surface area contributed by atoms with Crippen molar-refractivity contribution in [3.05, 3.63) is 35.5 Å². The van der Waals surface area contributed by atoms with Crippen LogP contribution in [0.15, 0.2) is 24.4 Å². The van der Waals surface area contributed by atoms with Crippen LogP contribution in [0.3, 0.4) is 0 Å². The molecular formula is C21H30N4O2. The summed E-state index contributed by atoms with van der Waals surface area (Å²) in [6, 6.07) is 6.18. The quantitative estimate of drug-likeness (QED) is 0.706. The van der Waals surface area contributed by atoms with Crippen LogP contribution in [0.25, 0.3) is 0 Å². The zero-order valence-corrected chi connectivity index (χ0v) is 16.9. The second-order valence-corrected chi connectivity index (χ2v) is 6.85. The zero-order valence-electron chi connectivity index (χ0n) is 16.9. The molecule has 0 fully saturated rings. The van der Waals surface area contributed by atoms with Crippen LogP contribution in [0.5, 0.6) is 11.5 Å². The lowest BCUT2D eigenvalue weighted by Gasteiger charge is -2.30. The van der Waals surface area contributed by atoms with Crippen molar-refractivity contribution in [2.75, 3.05) is 43.7 Å². The van der Waals surface area contributed by atoms with Crippen molar-refractivity contribution in [1.82, 2.24) is 9.97 Å². The third-order valence-electron chi connectivity index (χ3n) is 4.94. The summed E-state index contributed by atoms with van der Waals surface area (Å²) < 4.78 is 10.9. The number of aromatic nitrogens is 2. The first-order valence-corrected chi connectivity index (χ1v) is 9.76. The Morgan fingerprint density at radius 2 is 1.70 bits per heavy atom. The van der Waals surface area contributed by atoms with Crippen LogP contribution in [0.2, 0.25) is 0 Å². The lowest BCUT2D eigenvalue weighted by Crippen LogP contribution is -2.33. The summed E-state index contributed by atoms with van der Waals surface area (Å²) in [5.74, 6) is 3.37. The van der Waals surface area contributed by atoms with Gasteiger partial charge in [0.05, 0.1) is 14.2 Å². The normalized spacial score (nSPS) is 13.3. The maximum atomic E-state index is 5.47. The maximum Gasteiger partial charge on any atom is 0.227 e. The Bertz CT molecular complexity index is 760. The molecule has 6 heteroatoms. The maximum absolute atomic E-state index is 5.47. The molecule has 0 bridgehead atoms. The molecule has 1 aromatic heterocycles. The predicted octanol–water partition coefficient (Wildman–Crippen LogP) is 3.68. The van der Waals surface area contributed by atoms with Gasteiger partial charge in [-0.25, -0.2) is 4.98 Å². The van der Waals surface area contributed by atoms with Crippen molar-refractivity contribution in [1.29, 1.82) is 0 Å². The van der Waals surface area contributed by atoms with Gasteiger partial charge in [-0.3, -0.25) is 0 Å². The highest BCUT2D eigenvalue weighted by molar-refractivity contribution is 5.51. The van der Waals surface area contributed by atoms with E-state index in [4.69, 9.17) is 14.5 Å². The Labute approximate surface area is 162 Å². The van der Waals surface area contributed by atoms with Crippen LogP contribution in [-0.4, -0.2) is 43.8 Å². The van der Waals surface area contributed by atoms with Crippen LogP contribution in [0, 0.1) is 0 Å². The van der Waals surface area contributed by atoms with E-state index in [1.165, 1.54) is 11.1 Å². The first-order chi connectivity index (χ1) is 13.2. The smallest absolute Gasteiger partial charge is 0.227 e. The van der Waals surface area contributed by atoms with E-state index in [1.807, 2.05) is 12.3 Å². The average Bonchev–Trinajstić information content (AvgIpc) is 2.72. The van der Waals surface area contributed by atoms with E-state index in [9.17, 15) is 0 Å². The van der Waals surface area contributed by atoms with Crippen LogP contribution >= 0.6 is 0 Å².